The number of methoxy groups -OCH3 is 2. The van der Waals surface area contributed by atoms with Crippen LogP contribution in [0.3, 0.4) is 0 Å². The smallest absolute Gasteiger partial charge is 0.259 e. The first-order chi connectivity index (χ1) is 15.5. The van der Waals surface area contributed by atoms with E-state index in [2.05, 4.69) is 36.4 Å². The second-order valence-corrected chi connectivity index (χ2v) is 7.42. The normalized spacial score (nSPS) is 10.4. The molecule has 9 heteroatoms. The van der Waals surface area contributed by atoms with Crippen molar-refractivity contribution in [2.45, 2.75) is 20.8 Å². The third kappa shape index (κ3) is 4.77. The number of nitrogens with one attached hydrogen (secondary N) is 2. The molecule has 0 spiro atoms. The van der Waals surface area contributed by atoms with Crippen molar-refractivity contribution < 1.29 is 18.8 Å². The zero-order valence-corrected chi connectivity index (χ0v) is 20.2. The Labute approximate surface area is 194 Å². The fourth-order valence-electron chi connectivity index (χ4n) is 3.17. The van der Waals surface area contributed by atoms with Crippen LogP contribution in [-0.2, 0) is 0 Å². The molecule has 168 valence electrons. The lowest BCUT2D eigenvalue weighted by atomic mass is 10.1. The van der Waals surface area contributed by atoms with Crippen molar-refractivity contribution in [2.24, 2.45) is 0 Å². The lowest BCUT2D eigenvalue weighted by Crippen LogP contribution is -2.14. The van der Waals surface area contributed by atoms with E-state index >= 15 is 0 Å². The molecule has 0 atom stereocenters. The van der Waals surface area contributed by atoms with Gasteiger partial charge in [0.2, 0.25) is 0 Å². The first-order valence-corrected chi connectivity index (χ1v) is 10.9. The Morgan fingerprint density at radius 1 is 1.19 bits per heavy atom. The van der Waals surface area contributed by atoms with Crippen LogP contribution in [0.25, 0.3) is 22.4 Å². The van der Waals surface area contributed by atoms with Gasteiger partial charge in [-0.1, -0.05) is 19.0 Å². The average molecular weight is 501 g/mol. The van der Waals surface area contributed by atoms with Crippen LogP contribution >= 0.6 is 15.9 Å². The van der Waals surface area contributed by atoms with E-state index in [9.17, 15) is 4.79 Å². The summed E-state index contributed by atoms with van der Waals surface area (Å²) in [5.41, 5.74) is 2.78. The maximum absolute atomic E-state index is 12.9. The van der Waals surface area contributed by atoms with Crippen molar-refractivity contribution >= 4 is 38.3 Å². The van der Waals surface area contributed by atoms with Crippen LogP contribution in [0.5, 0.6) is 11.5 Å². The first-order valence-electron chi connectivity index (χ1n) is 10.1. The fraction of sp³-hybridized carbons (Fsp3) is 0.261. The van der Waals surface area contributed by atoms with Gasteiger partial charge in [0.1, 0.15) is 11.5 Å². The molecule has 0 unspecified atom stereocenters. The molecule has 32 heavy (non-hydrogen) atoms. The maximum Gasteiger partial charge on any atom is 0.259 e. The van der Waals surface area contributed by atoms with Gasteiger partial charge in [0.25, 0.3) is 5.89 Å². The zero-order chi connectivity index (χ0) is 23.3. The molecule has 0 aliphatic heterocycles. The number of aromatic nitrogens is 3. The Morgan fingerprint density at radius 3 is 2.62 bits per heavy atom. The van der Waals surface area contributed by atoms with Crippen molar-refractivity contribution in [1.82, 2.24) is 15.1 Å². The number of carbonyl (C=O) groups excluding carboxylic acids is 1. The van der Waals surface area contributed by atoms with Crippen molar-refractivity contribution in [3.05, 3.63) is 52.4 Å². The molecule has 2 aromatic heterocycles. The molecule has 8 nitrogen and oxygen atoms in total. The number of hydrogen-bond acceptors (Lipinski definition) is 7. The van der Waals surface area contributed by atoms with Crippen molar-refractivity contribution in [3.63, 3.8) is 0 Å². The molecule has 2 N–H and O–H groups in total. The summed E-state index contributed by atoms with van der Waals surface area (Å²) in [6.07, 6.45) is 1.71. The van der Waals surface area contributed by atoms with Crippen molar-refractivity contribution in [2.75, 3.05) is 26.1 Å². The third-order valence-corrected chi connectivity index (χ3v) is 5.33. The van der Waals surface area contributed by atoms with Gasteiger partial charge in [-0.25, -0.2) is 0 Å². The minimum absolute atomic E-state index is 0.0634. The lowest BCUT2D eigenvalue weighted by Gasteiger charge is -2.13. The largest absolute Gasteiger partial charge is 0.497 e. The van der Waals surface area contributed by atoms with Crippen LogP contribution in [0, 0.1) is 6.92 Å². The number of nitrogens with zero attached hydrogens (tertiary/aromatic N) is 2. The summed E-state index contributed by atoms with van der Waals surface area (Å²) in [6, 6.07) is 9.16. The highest BCUT2D eigenvalue weighted by Gasteiger charge is 2.17. The number of halogens is 1. The Kier molecular flexibility index (Phi) is 7.53. The molecule has 0 bridgehead atoms. The van der Waals surface area contributed by atoms with Gasteiger partial charge in [0, 0.05) is 33.2 Å². The molecule has 0 saturated heterocycles. The van der Waals surface area contributed by atoms with Crippen molar-refractivity contribution in [3.8, 4) is 23.0 Å². The Bertz CT molecular complexity index is 1230. The lowest BCUT2D eigenvalue weighted by molar-refractivity contribution is 0.101. The monoisotopic (exact) mass is 500 g/mol. The number of carbonyl (C=O) groups is 1. The molecular formula is C23H25BrN4O4. The van der Waals surface area contributed by atoms with E-state index in [1.54, 1.807) is 33.4 Å². The van der Waals surface area contributed by atoms with Gasteiger partial charge < -0.3 is 24.3 Å². The molecule has 0 radical (unpaired) electrons. The number of benzene rings is 2. The van der Waals surface area contributed by atoms with E-state index in [1.807, 2.05) is 38.1 Å². The summed E-state index contributed by atoms with van der Waals surface area (Å²) in [7, 11) is 3.17. The number of fused-ring (bicyclic) bond motifs is 1. The van der Waals surface area contributed by atoms with Crippen LogP contribution in [0.15, 0.2) is 45.5 Å². The molecule has 0 aliphatic rings. The second kappa shape index (κ2) is 10.3. The number of rotatable bonds is 7. The van der Waals surface area contributed by atoms with Gasteiger partial charge in [-0.2, -0.15) is 4.98 Å². The molecular weight excluding hydrogens is 476 g/mol. The molecule has 4 aromatic rings. The predicted molar refractivity (Wildman–Crippen MR) is 128 cm³/mol. The highest BCUT2D eigenvalue weighted by Crippen LogP contribution is 2.36. The Hall–Kier alpha value is -3.33. The number of aryl methyl sites for hydroxylation is 1. The van der Waals surface area contributed by atoms with Crippen LogP contribution in [0.2, 0.25) is 0 Å². The number of hydrogen-bond donors (Lipinski definition) is 2. The summed E-state index contributed by atoms with van der Waals surface area (Å²) in [6.45, 7) is 5.83. The van der Waals surface area contributed by atoms with Gasteiger partial charge in [-0.05, 0) is 47.1 Å². The quantitative estimate of drug-likeness (QED) is 0.317. The number of aromatic amines is 1. The fourth-order valence-corrected chi connectivity index (χ4v) is 3.66. The molecule has 0 saturated carbocycles. The predicted octanol–water partition coefficient (Wildman–Crippen LogP) is 5.63. The summed E-state index contributed by atoms with van der Waals surface area (Å²) in [5.74, 6) is 2.16. The number of ether oxygens (including phenoxy) is 2. The van der Waals surface area contributed by atoms with Crippen LogP contribution < -0.4 is 14.8 Å². The summed E-state index contributed by atoms with van der Waals surface area (Å²) in [4.78, 5) is 20.3. The summed E-state index contributed by atoms with van der Waals surface area (Å²) in [5, 5.41) is 7.83. The standard InChI is InChI=1S/C21H19BrN4O4.C2H6/c1-11-25-21(30-26-11)14-7-18(20(29-3)8-16(14)22)24-10-19(27)15-9-23-17-6-12(28-2)4-5-13(15)17;1-2/h4-9,23-24H,10H2,1-3H3;1-2H3. The first kappa shape index (κ1) is 23.3. The summed E-state index contributed by atoms with van der Waals surface area (Å²) >= 11 is 3.50. The molecule has 2 aromatic carbocycles. The molecule has 0 fully saturated rings. The van der Waals surface area contributed by atoms with E-state index in [0.29, 0.717) is 34.3 Å². The van der Waals surface area contributed by atoms with Crippen LogP contribution in [0.1, 0.15) is 30.0 Å². The summed E-state index contributed by atoms with van der Waals surface area (Å²) < 4.78 is 16.7. The highest BCUT2D eigenvalue weighted by atomic mass is 79.9. The Morgan fingerprint density at radius 2 is 1.97 bits per heavy atom. The van der Waals surface area contributed by atoms with E-state index < -0.39 is 0 Å². The Balaban J connectivity index is 0.00000141. The number of ketones is 1. The van der Waals surface area contributed by atoms with Gasteiger partial charge in [0.05, 0.1) is 32.0 Å². The van der Waals surface area contributed by atoms with Crippen molar-refractivity contribution in [1.29, 1.82) is 0 Å². The van der Waals surface area contributed by atoms with Gasteiger partial charge >= 0.3 is 0 Å². The zero-order valence-electron chi connectivity index (χ0n) is 18.6. The number of anilines is 1. The molecule has 0 aliphatic carbocycles. The van der Waals surface area contributed by atoms with Gasteiger partial charge in [0.15, 0.2) is 11.6 Å². The highest BCUT2D eigenvalue weighted by molar-refractivity contribution is 9.10. The minimum Gasteiger partial charge on any atom is -0.497 e. The van der Waals surface area contributed by atoms with Crippen LogP contribution in [-0.4, -0.2) is 41.7 Å². The van der Waals surface area contributed by atoms with Crippen LogP contribution in [0.4, 0.5) is 5.69 Å². The van der Waals surface area contributed by atoms with E-state index in [1.165, 1.54) is 0 Å². The number of H-pyrrole nitrogens is 1. The van der Waals surface area contributed by atoms with Gasteiger partial charge in [-0.3, -0.25) is 4.79 Å². The third-order valence-electron chi connectivity index (χ3n) is 4.68. The SMILES string of the molecule is CC.COc1ccc2c(C(=O)CNc3cc(-c4nc(C)no4)c(Br)cc3OC)c[nH]c2c1. The topological polar surface area (TPSA) is 102 Å². The molecule has 4 rings (SSSR count). The van der Waals surface area contributed by atoms with Gasteiger partial charge in [-0.15, -0.1) is 0 Å². The second-order valence-electron chi connectivity index (χ2n) is 6.57. The minimum atomic E-state index is -0.0634. The van der Waals surface area contributed by atoms with E-state index in [4.69, 9.17) is 14.0 Å². The maximum atomic E-state index is 12.9. The number of Topliss-reactive ketones (excluding diaryl/α,β-unsaturated/α-hetero) is 1. The van der Waals surface area contributed by atoms with E-state index in [-0.39, 0.29) is 12.3 Å². The average Bonchev–Trinajstić information content (AvgIpc) is 3.44. The molecule has 2 heterocycles. The molecule has 0 amide bonds. The van der Waals surface area contributed by atoms with E-state index in [0.717, 1.165) is 21.1 Å².